The standard InChI is InChI=1S/C13H12O3S/c1-7(13(16)17)8-2-3-9-5-11(14)12(15)6-10(9)4-8/h2-7,14-15H,1H3,(H,16,17)/p-1. The predicted octanol–water partition coefficient (Wildman–Crippen LogP) is 2.43. The summed E-state index contributed by atoms with van der Waals surface area (Å²) in [6, 6.07) is 8.33. The summed E-state index contributed by atoms with van der Waals surface area (Å²) in [4.78, 5) is 11.1. The summed E-state index contributed by atoms with van der Waals surface area (Å²) < 4.78 is 0. The van der Waals surface area contributed by atoms with Gasteiger partial charge in [0.15, 0.2) is 11.5 Å². The molecule has 3 nitrogen and oxygen atoms in total. The minimum absolute atomic E-state index is 0.155. The molecule has 0 bridgehead atoms. The third-order valence-electron chi connectivity index (χ3n) is 2.81. The lowest BCUT2D eigenvalue weighted by Gasteiger charge is -2.15. The van der Waals surface area contributed by atoms with Gasteiger partial charge in [0.05, 0.1) is 0 Å². The van der Waals surface area contributed by atoms with Crippen LogP contribution in [0.15, 0.2) is 30.3 Å². The number of benzene rings is 2. The van der Waals surface area contributed by atoms with Crippen LogP contribution in [0.25, 0.3) is 10.8 Å². The summed E-state index contributed by atoms with van der Waals surface area (Å²) in [5, 5.41) is 20.0. The maximum atomic E-state index is 11.1. The molecule has 2 N–H and O–H groups in total. The van der Waals surface area contributed by atoms with E-state index < -0.39 is 0 Å². The summed E-state index contributed by atoms with van der Waals surface area (Å²) >= 11 is 4.62. The van der Waals surface area contributed by atoms with Crippen LogP contribution in [-0.2, 0) is 17.4 Å². The third-order valence-corrected chi connectivity index (χ3v) is 3.16. The van der Waals surface area contributed by atoms with Crippen molar-refractivity contribution in [2.45, 2.75) is 12.8 Å². The average molecular weight is 247 g/mol. The van der Waals surface area contributed by atoms with E-state index in [2.05, 4.69) is 12.6 Å². The van der Waals surface area contributed by atoms with Gasteiger partial charge < -0.3 is 27.6 Å². The Hall–Kier alpha value is -1.81. The summed E-state index contributed by atoms with van der Waals surface area (Å²) in [7, 11) is 0. The van der Waals surface area contributed by atoms with Crippen LogP contribution in [0.4, 0.5) is 0 Å². The van der Waals surface area contributed by atoms with Crippen molar-refractivity contribution < 1.29 is 15.0 Å². The second-order valence-electron chi connectivity index (χ2n) is 3.99. The van der Waals surface area contributed by atoms with Gasteiger partial charge in [-0.25, -0.2) is 0 Å². The number of aromatic hydroxyl groups is 2. The minimum Gasteiger partial charge on any atom is -0.741 e. The van der Waals surface area contributed by atoms with Crippen molar-refractivity contribution >= 4 is 28.5 Å². The van der Waals surface area contributed by atoms with Crippen molar-refractivity contribution in [3.63, 3.8) is 0 Å². The Kier molecular flexibility index (Phi) is 2.90. The molecule has 4 heteroatoms. The van der Waals surface area contributed by atoms with E-state index in [0.29, 0.717) is 0 Å². The van der Waals surface area contributed by atoms with Crippen LogP contribution in [0.3, 0.4) is 0 Å². The van der Waals surface area contributed by atoms with E-state index in [1.807, 2.05) is 0 Å². The van der Waals surface area contributed by atoms with E-state index in [0.717, 1.165) is 16.3 Å². The van der Waals surface area contributed by atoms with Gasteiger partial charge in [0.1, 0.15) is 0 Å². The quantitative estimate of drug-likeness (QED) is 0.632. The molecule has 0 aliphatic carbocycles. The highest BCUT2D eigenvalue weighted by atomic mass is 32.1. The fourth-order valence-corrected chi connectivity index (χ4v) is 1.83. The SMILES string of the molecule is CC(C(=O)[S-])c1ccc2cc(O)c(O)cc2c1. The Morgan fingerprint density at radius 2 is 1.71 bits per heavy atom. The summed E-state index contributed by atoms with van der Waals surface area (Å²) in [6.45, 7) is 1.75. The normalized spacial score (nSPS) is 12.5. The number of carbonyl (C=O) groups excluding carboxylic acids is 1. The first-order valence-corrected chi connectivity index (χ1v) is 5.56. The van der Waals surface area contributed by atoms with E-state index in [9.17, 15) is 15.0 Å². The van der Waals surface area contributed by atoms with Crippen molar-refractivity contribution in [2.75, 3.05) is 0 Å². The topological polar surface area (TPSA) is 57.5 Å². The fourth-order valence-electron chi connectivity index (χ4n) is 1.70. The molecule has 1 atom stereocenters. The van der Waals surface area contributed by atoms with Crippen LogP contribution in [-0.4, -0.2) is 15.3 Å². The number of phenols is 2. The van der Waals surface area contributed by atoms with Gasteiger partial charge in [0.25, 0.3) is 0 Å². The molecule has 0 saturated heterocycles. The third kappa shape index (κ3) is 2.17. The highest BCUT2D eigenvalue weighted by Crippen LogP contribution is 2.31. The van der Waals surface area contributed by atoms with Gasteiger partial charge in [-0.15, -0.1) is 0 Å². The highest BCUT2D eigenvalue weighted by Gasteiger charge is 2.08. The summed E-state index contributed by atoms with van der Waals surface area (Å²) in [5.74, 6) is -0.671. The molecule has 0 aliphatic heterocycles. The first-order chi connectivity index (χ1) is 7.99. The first-order valence-electron chi connectivity index (χ1n) is 5.15. The molecule has 2 aromatic rings. The average Bonchev–Trinajstić information content (AvgIpc) is 2.29. The number of rotatable bonds is 2. The van der Waals surface area contributed by atoms with Gasteiger partial charge >= 0.3 is 0 Å². The molecule has 17 heavy (non-hydrogen) atoms. The van der Waals surface area contributed by atoms with Crippen molar-refractivity contribution in [2.24, 2.45) is 0 Å². The molecule has 0 spiro atoms. The van der Waals surface area contributed by atoms with Gasteiger partial charge in [0.2, 0.25) is 0 Å². The molecule has 2 rings (SSSR count). The van der Waals surface area contributed by atoms with Crippen LogP contribution in [0.5, 0.6) is 11.5 Å². The lowest BCUT2D eigenvalue weighted by Crippen LogP contribution is -2.04. The van der Waals surface area contributed by atoms with Gasteiger partial charge in [0, 0.05) is 11.0 Å². The minimum atomic E-state index is -0.342. The molecule has 0 aromatic heterocycles. The van der Waals surface area contributed by atoms with Crippen molar-refractivity contribution in [3.8, 4) is 11.5 Å². The zero-order valence-electron chi connectivity index (χ0n) is 9.18. The molecular weight excluding hydrogens is 236 g/mol. The Balaban J connectivity index is 2.57. The maximum Gasteiger partial charge on any atom is 0.158 e. The molecule has 0 radical (unpaired) electrons. The van der Waals surface area contributed by atoms with E-state index in [4.69, 9.17) is 0 Å². The van der Waals surface area contributed by atoms with Crippen molar-refractivity contribution in [1.29, 1.82) is 0 Å². The van der Waals surface area contributed by atoms with E-state index in [-0.39, 0.29) is 22.5 Å². The lowest BCUT2D eigenvalue weighted by molar-refractivity contribution is -0.111. The van der Waals surface area contributed by atoms with E-state index in [1.165, 1.54) is 12.1 Å². The second kappa shape index (κ2) is 4.22. The van der Waals surface area contributed by atoms with Gasteiger partial charge in [-0.3, -0.25) is 0 Å². The Morgan fingerprint density at radius 1 is 1.12 bits per heavy atom. The zero-order chi connectivity index (χ0) is 12.6. The first kappa shape index (κ1) is 11.7. The maximum absolute atomic E-state index is 11.1. The molecular formula is C13H11O3S-. The number of carbonyl (C=O) groups is 1. The number of fused-ring (bicyclic) bond motifs is 1. The van der Waals surface area contributed by atoms with Crippen LogP contribution in [0.1, 0.15) is 18.4 Å². The highest BCUT2D eigenvalue weighted by molar-refractivity contribution is 7.77. The molecule has 0 aliphatic rings. The van der Waals surface area contributed by atoms with Crippen LogP contribution in [0.2, 0.25) is 0 Å². The molecule has 0 heterocycles. The molecule has 0 saturated carbocycles. The van der Waals surface area contributed by atoms with Crippen molar-refractivity contribution in [3.05, 3.63) is 35.9 Å². The molecule has 2 aromatic carbocycles. The molecule has 0 amide bonds. The number of phenolic OH excluding ortho intramolecular Hbond substituents is 2. The predicted molar refractivity (Wildman–Crippen MR) is 68.1 cm³/mol. The number of hydrogen-bond acceptors (Lipinski definition) is 4. The lowest BCUT2D eigenvalue weighted by atomic mass is 9.98. The zero-order valence-corrected chi connectivity index (χ0v) is 9.99. The van der Waals surface area contributed by atoms with Gasteiger partial charge in [-0.1, -0.05) is 25.1 Å². The van der Waals surface area contributed by atoms with Crippen molar-refractivity contribution in [1.82, 2.24) is 0 Å². The van der Waals surface area contributed by atoms with Crippen LogP contribution >= 0.6 is 0 Å². The van der Waals surface area contributed by atoms with E-state index >= 15 is 0 Å². The largest absolute Gasteiger partial charge is 0.741 e. The molecule has 0 fully saturated rings. The van der Waals surface area contributed by atoms with Crippen LogP contribution in [0, 0.1) is 0 Å². The van der Waals surface area contributed by atoms with Gasteiger partial charge in [-0.05, 0) is 28.5 Å². The molecule has 88 valence electrons. The van der Waals surface area contributed by atoms with Crippen LogP contribution < -0.4 is 0 Å². The van der Waals surface area contributed by atoms with Gasteiger partial charge in [-0.2, -0.15) is 0 Å². The Bertz CT molecular complexity index is 592. The Morgan fingerprint density at radius 3 is 2.29 bits per heavy atom. The van der Waals surface area contributed by atoms with E-state index in [1.54, 1.807) is 25.1 Å². The summed E-state index contributed by atoms with van der Waals surface area (Å²) in [6.07, 6.45) is 0. The fraction of sp³-hybridized carbons (Fsp3) is 0.154. The number of hydrogen-bond donors (Lipinski definition) is 2. The summed E-state index contributed by atoms with van der Waals surface area (Å²) in [5.41, 5.74) is 0.808. The Labute approximate surface area is 104 Å². The second-order valence-corrected chi connectivity index (χ2v) is 4.39. The molecule has 1 unspecified atom stereocenters. The smallest absolute Gasteiger partial charge is 0.158 e. The monoisotopic (exact) mass is 247 g/mol.